The molecule has 0 atom stereocenters. The minimum absolute atomic E-state index is 0.0726. The third-order valence-electron chi connectivity index (χ3n) is 2.77. The Labute approximate surface area is 135 Å². The molecule has 0 aliphatic heterocycles. The number of hydrogen-bond acceptors (Lipinski definition) is 4. The van der Waals surface area contributed by atoms with E-state index >= 15 is 0 Å². The van der Waals surface area contributed by atoms with Crippen LogP contribution in [-0.4, -0.2) is 26.3 Å². The number of alkyl halides is 3. The van der Waals surface area contributed by atoms with E-state index in [0.29, 0.717) is 0 Å². The molecule has 0 N–H and O–H groups in total. The molecule has 0 radical (unpaired) electrons. The number of esters is 1. The van der Waals surface area contributed by atoms with Crippen LogP contribution in [0.3, 0.4) is 0 Å². The summed E-state index contributed by atoms with van der Waals surface area (Å²) in [6.45, 7) is 4.82. The van der Waals surface area contributed by atoms with Gasteiger partial charge in [-0.1, -0.05) is 0 Å². The van der Waals surface area contributed by atoms with E-state index in [1.807, 2.05) is 0 Å². The fourth-order valence-electron chi connectivity index (χ4n) is 1.98. The van der Waals surface area contributed by atoms with Crippen molar-refractivity contribution < 1.29 is 27.1 Å². The molecule has 130 valence electrons. The molecule has 2 aromatic heterocycles. The second-order valence-electron chi connectivity index (χ2n) is 6.06. The van der Waals surface area contributed by atoms with Crippen molar-refractivity contribution in [3.8, 4) is 11.3 Å². The van der Waals surface area contributed by atoms with Gasteiger partial charge >= 0.3 is 12.3 Å². The molecule has 0 fully saturated rings. The lowest BCUT2D eigenvalue weighted by Gasteiger charge is -2.19. The third-order valence-corrected chi connectivity index (χ3v) is 2.77. The summed E-state index contributed by atoms with van der Waals surface area (Å²) >= 11 is 0. The lowest BCUT2D eigenvalue weighted by atomic mass is 10.1. The van der Waals surface area contributed by atoms with Crippen molar-refractivity contribution in [1.82, 2.24) is 14.8 Å². The van der Waals surface area contributed by atoms with Crippen LogP contribution in [0.1, 0.15) is 26.5 Å². The Morgan fingerprint density at radius 2 is 1.88 bits per heavy atom. The van der Waals surface area contributed by atoms with E-state index in [4.69, 9.17) is 4.74 Å². The molecule has 9 heteroatoms. The minimum Gasteiger partial charge on any atom is -0.460 e. The van der Waals surface area contributed by atoms with E-state index in [1.165, 1.54) is 6.20 Å². The van der Waals surface area contributed by atoms with Crippen molar-refractivity contribution in [3.63, 3.8) is 0 Å². The minimum atomic E-state index is -4.82. The van der Waals surface area contributed by atoms with E-state index in [0.717, 1.165) is 18.3 Å². The molecule has 5 nitrogen and oxygen atoms in total. The highest BCUT2D eigenvalue weighted by molar-refractivity contribution is 5.73. The normalized spacial score (nSPS) is 12.3. The molecule has 2 rings (SSSR count). The van der Waals surface area contributed by atoms with Gasteiger partial charge in [0.2, 0.25) is 0 Å². The van der Waals surface area contributed by atoms with Gasteiger partial charge in [-0.2, -0.15) is 9.78 Å². The fraction of sp³-hybridized carbons (Fsp3) is 0.400. The first kappa shape index (κ1) is 17.9. The predicted octanol–water partition coefficient (Wildman–Crippen LogP) is 3.44. The maximum absolute atomic E-state index is 13.2. The molecule has 0 spiro atoms. The zero-order valence-electron chi connectivity index (χ0n) is 13.2. The summed E-state index contributed by atoms with van der Waals surface area (Å²) in [5.74, 6) is -1.53. The van der Waals surface area contributed by atoms with Gasteiger partial charge in [0.05, 0.1) is 24.0 Å². The molecule has 0 bridgehead atoms. The molecule has 0 amide bonds. The summed E-state index contributed by atoms with van der Waals surface area (Å²) in [7, 11) is 0. The Bertz CT molecular complexity index is 748. The van der Waals surface area contributed by atoms with Gasteiger partial charge in [0.15, 0.2) is 0 Å². The Morgan fingerprint density at radius 3 is 2.42 bits per heavy atom. The maximum Gasteiger partial charge on any atom is 0.504 e. The van der Waals surface area contributed by atoms with Crippen LogP contribution in [0, 0.1) is 5.82 Å². The number of aromatic nitrogens is 3. The molecule has 0 saturated heterocycles. The molecular weight excluding hydrogens is 330 g/mol. The molecular formula is C15H15F4N3O2. The number of hydrogen-bond donors (Lipinski definition) is 0. The number of halogens is 4. The summed E-state index contributed by atoms with van der Waals surface area (Å²) in [4.78, 5) is 15.4. The highest BCUT2D eigenvalue weighted by Gasteiger charge is 2.36. The summed E-state index contributed by atoms with van der Waals surface area (Å²) in [5, 5.41) is 3.42. The number of ether oxygens (including phenoxy) is 1. The van der Waals surface area contributed by atoms with Crippen LogP contribution < -0.4 is 0 Å². The first-order valence-electron chi connectivity index (χ1n) is 6.94. The monoisotopic (exact) mass is 345 g/mol. The Balaban J connectivity index is 2.38. The van der Waals surface area contributed by atoms with Gasteiger partial charge in [-0.05, 0) is 32.9 Å². The number of pyridine rings is 1. The highest BCUT2D eigenvalue weighted by atomic mass is 19.4. The second-order valence-corrected chi connectivity index (χ2v) is 6.06. The van der Waals surface area contributed by atoms with Gasteiger partial charge in [0.1, 0.15) is 11.4 Å². The predicted molar refractivity (Wildman–Crippen MR) is 76.3 cm³/mol. The fourth-order valence-corrected chi connectivity index (χ4v) is 1.98. The van der Waals surface area contributed by atoms with Gasteiger partial charge in [-0.25, -0.2) is 4.39 Å². The summed E-state index contributed by atoms with van der Waals surface area (Å²) in [6, 6.07) is 2.07. The van der Waals surface area contributed by atoms with Crippen LogP contribution in [0.2, 0.25) is 0 Å². The summed E-state index contributed by atoms with van der Waals surface area (Å²) in [5.41, 5.74) is -1.30. The van der Waals surface area contributed by atoms with Crippen LogP contribution in [0.5, 0.6) is 0 Å². The van der Waals surface area contributed by atoms with Crippen molar-refractivity contribution in [2.75, 3.05) is 0 Å². The highest BCUT2D eigenvalue weighted by Crippen LogP contribution is 2.28. The van der Waals surface area contributed by atoms with Crippen LogP contribution in [0.4, 0.5) is 17.6 Å². The molecule has 0 aliphatic rings. The number of nitrogens with zero attached hydrogens (tertiary/aromatic N) is 3. The van der Waals surface area contributed by atoms with Gasteiger partial charge in [-0.3, -0.25) is 9.78 Å². The SMILES string of the molecule is CC(C)(C)OC(=O)Cc1cc(-c2cncc(F)c2)nn1C(F)(F)F. The van der Waals surface area contributed by atoms with Gasteiger partial charge in [0, 0.05) is 11.8 Å². The summed E-state index contributed by atoms with van der Waals surface area (Å²) < 4.78 is 57.3. The van der Waals surface area contributed by atoms with Crippen LogP contribution in [0.15, 0.2) is 24.5 Å². The zero-order valence-corrected chi connectivity index (χ0v) is 13.2. The van der Waals surface area contributed by atoms with Crippen LogP contribution in [0.25, 0.3) is 11.3 Å². The van der Waals surface area contributed by atoms with E-state index in [-0.39, 0.29) is 15.9 Å². The molecule has 24 heavy (non-hydrogen) atoms. The van der Waals surface area contributed by atoms with Crippen molar-refractivity contribution in [2.24, 2.45) is 0 Å². The second kappa shape index (κ2) is 6.21. The quantitative estimate of drug-likeness (QED) is 0.632. The van der Waals surface area contributed by atoms with Gasteiger partial charge in [-0.15, -0.1) is 13.2 Å². The number of rotatable bonds is 3. The number of carbonyl (C=O) groups excluding carboxylic acids is 1. The first-order valence-corrected chi connectivity index (χ1v) is 6.94. The molecule has 0 aliphatic carbocycles. The molecule has 0 aromatic carbocycles. The van der Waals surface area contributed by atoms with E-state index in [1.54, 1.807) is 20.8 Å². The topological polar surface area (TPSA) is 57.0 Å². The molecule has 2 aromatic rings. The van der Waals surface area contributed by atoms with Crippen molar-refractivity contribution >= 4 is 5.97 Å². The van der Waals surface area contributed by atoms with Crippen molar-refractivity contribution in [2.45, 2.75) is 39.1 Å². The molecule has 0 saturated carbocycles. The first-order chi connectivity index (χ1) is 11.0. The van der Waals surface area contributed by atoms with E-state index < -0.39 is 35.8 Å². The molecule has 0 unspecified atom stereocenters. The maximum atomic E-state index is 13.2. The Kier molecular flexibility index (Phi) is 4.63. The van der Waals surface area contributed by atoms with Crippen molar-refractivity contribution in [1.29, 1.82) is 0 Å². The Hall–Kier alpha value is -2.45. The van der Waals surface area contributed by atoms with E-state index in [2.05, 4.69) is 10.1 Å². The molecule has 2 heterocycles. The average molecular weight is 345 g/mol. The standard InChI is InChI=1S/C15H15F4N3O2/c1-14(2,3)24-13(23)6-11-5-12(21-22(11)15(17,18)19)9-4-10(16)8-20-7-9/h4-5,7-8H,6H2,1-3H3. The van der Waals surface area contributed by atoms with Gasteiger partial charge < -0.3 is 4.74 Å². The van der Waals surface area contributed by atoms with Gasteiger partial charge in [0.25, 0.3) is 0 Å². The third kappa shape index (κ3) is 4.53. The largest absolute Gasteiger partial charge is 0.504 e. The lowest BCUT2D eigenvalue weighted by molar-refractivity contribution is -0.213. The van der Waals surface area contributed by atoms with Crippen LogP contribution >= 0.6 is 0 Å². The number of carbonyl (C=O) groups is 1. The summed E-state index contributed by atoms with van der Waals surface area (Å²) in [6.07, 6.45) is -3.34. The lowest BCUT2D eigenvalue weighted by Crippen LogP contribution is -2.27. The van der Waals surface area contributed by atoms with Crippen LogP contribution in [-0.2, 0) is 22.3 Å². The Morgan fingerprint density at radius 1 is 1.21 bits per heavy atom. The van der Waals surface area contributed by atoms with E-state index in [9.17, 15) is 22.4 Å². The smallest absolute Gasteiger partial charge is 0.460 e. The van der Waals surface area contributed by atoms with Crippen molar-refractivity contribution in [3.05, 3.63) is 36.0 Å². The zero-order chi connectivity index (χ0) is 18.1. The average Bonchev–Trinajstić information content (AvgIpc) is 2.80.